The van der Waals surface area contributed by atoms with Gasteiger partial charge in [0.05, 0.1) is 5.56 Å². The van der Waals surface area contributed by atoms with E-state index in [0.717, 1.165) is 44.3 Å². The Hall–Kier alpha value is -1.88. The molecule has 1 atom stereocenters. The first kappa shape index (κ1) is 19.4. The number of carbonyl (C=O) groups excluding carboxylic acids is 2. The second-order valence-corrected chi connectivity index (χ2v) is 6.74. The number of carbonyl (C=O) groups is 2. The van der Waals surface area contributed by atoms with Gasteiger partial charge in [-0.1, -0.05) is 31.5 Å². The van der Waals surface area contributed by atoms with E-state index in [1.165, 1.54) is 6.92 Å². The average molecular weight is 347 g/mol. The number of ether oxygens (including phenoxy) is 2. The van der Waals surface area contributed by atoms with Crippen molar-refractivity contribution in [2.24, 2.45) is 0 Å². The van der Waals surface area contributed by atoms with E-state index in [1.54, 1.807) is 6.07 Å². The van der Waals surface area contributed by atoms with Gasteiger partial charge in [0.25, 0.3) is 0 Å². The molecule has 1 unspecified atom stereocenters. The maximum atomic E-state index is 12.7. The highest BCUT2D eigenvalue weighted by Gasteiger charge is 2.25. The van der Waals surface area contributed by atoms with Gasteiger partial charge >= 0.3 is 11.9 Å². The molecule has 1 heterocycles. The molecule has 1 aromatic rings. The van der Waals surface area contributed by atoms with E-state index in [2.05, 4.69) is 18.9 Å². The minimum absolute atomic E-state index is 0.0421. The van der Waals surface area contributed by atoms with Gasteiger partial charge in [-0.05, 0) is 38.8 Å². The molecule has 0 bridgehead atoms. The highest BCUT2D eigenvalue weighted by atomic mass is 16.5. The number of esters is 2. The normalized spacial score (nSPS) is 17.1. The van der Waals surface area contributed by atoms with Crippen LogP contribution in [0.2, 0.25) is 0 Å². The van der Waals surface area contributed by atoms with Crippen molar-refractivity contribution < 1.29 is 19.1 Å². The molecule has 5 heteroatoms. The van der Waals surface area contributed by atoms with Crippen molar-refractivity contribution in [3.63, 3.8) is 0 Å². The minimum atomic E-state index is -0.404. The van der Waals surface area contributed by atoms with Crippen molar-refractivity contribution in [2.75, 3.05) is 20.1 Å². The number of piperidine rings is 1. The molecule has 1 aliphatic rings. The summed E-state index contributed by atoms with van der Waals surface area (Å²) in [4.78, 5) is 26.4. The molecule has 5 nitrogen and oxygen atoms in total. The fourth-order valence-corrected chi connectivity index (χ4v) is 3.15. The second-order valence-electron chi connectivity index (χ2n) is 6.74. The fourth-order valence-electron chi connectivity index (χ4n) is 3.15. The molecule has 0 aliphatic carbocycles. The SMILES string of the molecule is CCCCC(OC(C)=O)c1ccccc1C(=O)OC1CCN(C)CC1. The second kappa shape index (κ2) is 9.56. The molecule has 138 valence electrons. The monoisotopic (exact) mass is 347 g/mol. The first-order valence-corrected chi connectivity index (χ1v) is 9.17. The molecular weight excluding hydrogens is 318 g/mol. The lowest BCUT2D eigenvalue weighted by Gasteiger charge is -2.29. The summed E-state index contributed by atoms with van der Waals surface area (Å²) in [6.07, 6.45) is 3.89. The van der Waals surface area contributed by atoms with E-state index in [-0.39, 0.29) is 18.0 Å². The smallest absolute Gasteiger partial charge is 0.338 e. The number of unbranched alkanes of at least 4 members (excludes halogenated alkanes) is 1. The number of hydrogen-bond acceptors (Lipinski definition) is 5. The third-order valence-corrected chi connectivity index (χ3v) is 4.59. The molecule has 2 rings (SSSR count). The van der Waals surface area contributed by atoms with Crippen LogP contribution >= 0.6 is 0 Å². The summed E-state index contributed by atoms with van der Waals surface area (Å²) in [5, 5.41) is 0. The zero-order chi connectivity index (χ0) is 18.2. The maximum absolute atomic E-state index is 12.7. The molecule has 0 saturated carbocycles. The lowest BCUT2D eigenvalue weighted by atomic mass is 9.98. The average Bonchev–Trinajstić information content (AvgIpc) is 2.60. The number of rotatable bonds is 7. The fraction of sp³-hybridized carbons (Fsp3) is 0.600. The van der Waals surface area contributed by atoms with Crippen LogP contribution < -0.4 is 0 Å². The Kier molecular flexibility index (Phi) is 7.44. The first-order chi connectivity index (χ1) is 12.0. The van der Waals surface area contributed by atoms with Gasteiger partial charge in [0, 0.05) is 25.6 Å². The summed E-state index contributed by atoms with van der Waals surface area (Å²) in [5.41, 5.74) is 1.24. The van der Waals surface area contributed by atoms with Crippen LogP contribution in [0.4, 0.5) is 0 Å². The van der Waals surface area contributed by atoms with Gasteiger partial charge in [0.15, 0.2) is 0 Å². The van der Waals surface area contributed by atoms with Crippen LogP contribution in [0.15, 0.2) is 24.3 Å². The summed E-state index contributed by atoms with van der Waals surface area (Å²) in [6.45, 7) is 5.36. The minimum Gasteiger partial charge on any atom is -0.459 e. The quantitative estimate of drug-likeness (QED) is 0.704. The number of benzene rings is 1. The lowest BCUT2D eigenvalue weighted by molar-refractivity contribution is -0.147. The van der Waals surface area contributed by atoms with Crippen LogP contribution in [-0.2, 0) is 14.3 Å². The van der Waals surface area contributed by atoms with Crippen molar-refractivity contribution in [3.05, 3.63) is 35.4 Å². The van der Waals surface area contributed by atoms with Gasteiger partial charge in [0.1, 0.15) is 12.2 Å². The van der Waals surface area contributed by atoms with Crippen molar-refractivity contribution in [1.29, 1.82) is 0 Å². The third kappa shape index (κ3) is 5.85. The van der Waals surface area contributed by atoms with Gasteiger partial charge in [-0.15, -0.1) is 0 Å². The highest BCUT2D eigenvalue weighted by molar-refractivity contribution is 5.91. The summed E-state index contributed by atoms with van der Waals surface area (Å²) < 4.78 is 11.2. The van der Waals surface area contributed by atoms with Gasteiger partial charge in [-0.3, -0.25) is 4.79 Å². The summed E-state index contributed by atoms with van der Waals surface area (Å²) in [5.74, 6) is -0.654. The molecular formula is C20H29NO4. The molecule has 1 fully saturated rings. The van der Waals surface area contributed by atoms with Gasteiger partial charge < -0.3 is 14.4 Å². The molecule has 25 heavy (non-hydrogen) atoms. The molecule has 1 aliphatic heterocycles. The Balaban J connectivity index is 2.14. The first-order valence-electron chi connectivity index (χ1n) is 9.17. The summed E-state index contributed by atoms with van der Waals surface area (Å²) >= 11 is 0. The van der Waals surface area contributed by atoms with Crippen molar-refractivity contribution in [1.82, 2.24) is 4.90 Å². The molecule has 0 spiro atoms. The highest BCUT2D eigenvalue weighted by Crippen LogP contribution is 2.28. The van der Waals surface area contributed by atoms with E-state index < -0.39 is 6.10 Å². The Morgan fingerprint density at radius 3 is 2.56 bits per heavy atom. The van der Waals surface area contributed by atoms with E-state index in [0.29, 0.717) is 12.0 Å². The van der Waals surface area contributed by atoms with Crippen LogP contribution in [0.1, 0.15) is 68.0 Å². The van der Waals surface area contributed by atoms with Crippen LogP contribution in [-0.4, -0.2) is 43.1 Å². The van der Waals surface area contributed by atoms with E-state index in [9.17, 15) is 9.59 Å². The zero-order valence-electron chi connectivity index (χ0n) is 15.5. The van der Waals surface area contributed by atoms with Crippen molar-refractivity contribution >= 4 is 11.9 Å². The number of likely N-dealkylation sites (tertiary alicyclic amines) is 1. The predicted molar refractivity (Wildman–Crippen MR) is 96.4 cm³/mol. The van der Waals surface area contributed by atoms with Crippen LogP contribution in [0.25, 0.3) is 0 Å². The van der Waals surface area contributed by atoms with Crippen molar-refractivity contribution in [2.45, 2.75) is 58.2 Å². The van der Waals surface area contributed by atoms with Crippen LogP contribution in [0.3, 0.4) is 0 Å². The van der Waals surface area contributed by atoms with Crippen molar-refractivity contribution in [3.8, 4) is 0 Å². The van der Waals surface area contributed by atoms with Gasteiger partial charge in [-0.2, -0.15) is 0 Å². The number of nitrogens with zero attached hydrogens (tertiary/aromatic N) is 1. The van der Waals surface area contributed by atoms with E-state index in [4.69, 9.17) is 9.47 Å². The van der Waals surface area contributed by atoms with E-state index in [1.807, 2.05) is 18.2 Å². The standard InChI is InChI=1S/C20H29NO4/c1-4-5-10-19(24-15(2)22)17-8-6-7-9-18(17)20(23)25-16-11-13-21(3)14-12-16/h6-9,16,19H,4-5,10-14H2,1-3H3. The molecule has 0 aromatic heterocycles. The van der Waals surface area contributed by atoms with Crippen LogP contribution in [0.5, 0.6) is 0 Å². The van der Waals surface area contributed by atoms with Gasteiger partial charge in [0.2, 0.25) is 0 Å². The molecule has 0 N–H and O–H groups in total. The molecule has 1 aromatic carbocycles. The summed E-state index contributed by atoms with van der Waals surface area (Å²) in [7, 11) is 2.07. The largest absolute Gasteiger partial charge is 0.459 e. The Labute approximate surface area is 150 Å². The Morgan fingerprint density at radius 1 is 1.24 bits per heavy atom. The molecule has 0 amide bonds. The Morgan fingerprint density at radius 2 is 1.92 bits per heavy atom. The molecule has 0 radical (unpaired) electrons. The Bertz CT molecular complexity index is 579. The van der Waals surface area contributed by atoms with E-state index >= 15 is 0 Å². The zero-order valence-corrected chi connectivity index (χ0v) is 15.5. The topological polar surface area (TPSA) is 55.8 Å². The lowest BCUT2D eigenvalue weighted by Crippen LogP contribution is -2.35. The maximum Gasteiger partial charge on any atom is 0.338 e. The summed E-state index contributed by atoms with van der Waals surface area (Å²) in [6, 6.07) is 7.30. The number of hydrogen-bond donors (Lipinski definition) is 0. The predicted octanol–water partition coefficient (Wildman–Crippen LogP) is 3.73. The van der Waals surface area contributed by atoms with Gasteiger partial charge in [-0.25, -0.2) is 4.79 Å². The third-order valence-electron chi connectivity index (χ3n) is 4.59. The molecule has 1 saturated heterocycles. The van der Waals surface area contributed by atoms with Crippen LogP contribution in [0, 0.1) is 0 Å².